The monoisotopic (exact) mass is 1070 g/mol. The summed E-state index contributed by atoms with van der Waals surface area (Å²) in [4.78, 5) is 3.51. The van der Waals surface area contributed by atoms with Gasteiger partial charge < -0.3 is 9.13 Å². The summed E-state index contributed by atoms with van der Waals surface area (Å²) in [7, 11) is 0. The number of para-hydroxylation sites is 2. The molecule has 0 saturated heterocycles. The summed E-state index contributed by atoms with van der Waals surface area (Å²) in [5.74, 6) is 0. The third kappa shape index (κ3) is 8.77. The molecule has 0 atom stereocenters. The number of halogens is 18. The highest BCUT2D eigenvalue weighted by Crippen LogP contribution is 2.50. The molecule has 0 aliphatic carbocycles. The van der Waals surface area contributed by atoms with Gasteiger partial charge in [0.15, 0.2) is 5.69 Å². The summed E-state index contributed by atoms with van der Waals surface area (Å²) in [5.41, 5.74) is -13.1. The van der Waals surface area contributed by atoms with Crippen molar-refractivity contribution in [2.75, 3.05) is 0 Å². The van der Waals surface area contributed by atoms with Gasteiger partial charge in [0.2, 0.25) is 0 Å². The average molecular weight is 1070 g/mol. The van der Waals surface area contributed by atoms with Gasteiger partial charge >= 0.3 is 37.1 Å². The van der Waals surface area contributed by atoms with Gasteiger partial charge in [-0.3, -0.25) is 0 Å². The van der Waals surface area contributed by atoms with Gasteiger partial charge in [-0.05, 0) is 118 Å². The van der Waals surface area contributed by atoms with Crippen LogP contribution in [0.25, 0.3) is 93.2 Å². The summed E-state index contributed by atoms with van der Waals surface area (Å²) in [6.07, 6.45) is -31.6. The van der Waals surface area contributed by atoms with Crippen LogP contribution >= 0.6 is 0 Å². The second kappa shape index (κ2) is 17.3. The van der Waals surface area contributed by atoms with E-state index in [1.54, 1.807) is 6.07 Å². The lowest BCUT2D eigenvalue weighted by Gasteiger charge is -2.22. The fraction of sp³-hybridized carbons (Fsp3) is 0.109. The third-order valence-electron chi connectivity index (χ3n) is 12.9. The summed E-state index contributed by atoms with van der Waals surface area (Å²) < 4.78 is 259. The summed E-state index contributed by atoms with van der Waals surface area (Å²) in [6.45, 7) is 8.26. The molecule has 0 amide bonds. The smallest absolute Gasteiger partial charge is 0.308 e. The van der Waals surface area contributed by atoms with Crippen molar-refractivity contribution in [1.29, 1.82) is 0 Å². The molecule has 0 saturated carbocycles. The maximum Gasteiger partial charge on any atom is 0.417 e. The number of rotatable bonds is 5. The zero-order valence-electron chi connectivity index (χ0n) is 37.6. The Hall–Kier alpha value is -8.41. The van der Waals surface area contributed by atoms with Crippen molar-refractivity contribution in [2.24, 2.45) is 0 Å². The standard InChI is InChI=1S/C55H25F18N3/c1-74-43-26-49(76-45-9-5-3-7-36(45)39-21-28(11-19-47(39)76)33-16-13-30(51(59,60)61)23-41(33)54(68,69)70)48(25-37(43)34-17-14-31(52(62,63)64)24-42(34)55(71,72)73)75-44-8-4-2-6-35(44)38-20-27(10-18-46(38)75)32-15-12-29(50(56,57)58)22-40(32)53(65,66)67/h2-26H. The van der Waals surface area contributed by atoms with Crippen LogP contribution in [-0.2, 0) is 37.1 Å². The predicted molar refractivity (Wildman–Crippen MR) is 248 cm³/mol. The molecular formula is C55H25F18N3. The Balaban J connectivity index is 1.31. The fourth-order valence-corrected chi connectivity index (χ4v) is 9.64. The molecule has 0 spiro atoms. The highest BCUT2D eigenvalue weighted by Gasteiger charge is 2.42. The number of benzene rings is 8. The van der Waals surface area contributed by atoms with Gasteiger partial charge in [0.1, 0.15) is 0 Å². The molecule has 0 aliphatic heterocycles. The Morgan fingerprint density at radius 2 is 0.645 bits per heavy atom. The van der Waals surface area contributed by atoms with Crippen LogP contribution in [0.3, 0.4) is 0 Å². The second-order valence-electron chi connectivity index (χ2n) is 17.4. The Labute approximate surface area is 414 Å². The van der Waals surface area contributed by atoms with E-state index in [9.17, 15) is 79.0 Å². The van der Waals surface area contributed by atoms with Crippen molar-refractivity contribution in [1.82, 2.24) is 9.13 Å². The molecule has 76 heavy (non-hydrogen) atoms. The van der Waals surface area contributed by atoms with Gasteiger partial charge in [-0.25, -0.2) is 4.85 Å². The SMILES string of the molecule is [C-]#[N+]c1cc(-n2c3ccccc3c3cc(-c4ccc(C(F)(F)F)cc4C(F)(F)F)ccc32)c(-n2c3ccccc3c3cc(-c4ccc(C(F)(F)F)cc4C(F)(F)F)ccc32)cc1-c1ccc(C(F)(F)F)cc1C(F)(F)F. The van der Waals surface area contributed by atoms with E-state index in [-0.39, 0.29) is 78.9 Å². The van der Waals surface area contributed by atoms with Gasteiger partial charge in [-0.1, -0.05) is 66.7 Å². The summed E-state index contributed by atoms with van der Waals surface area (Å²) >= 11 is 0. The largest absolute Gasteiger partial charge is 0.417 e. The Morgan fingerprint density at radius 3 is 1.01 bits per heavy atom. The highest BCUT2D eigenvalue weighted by atomic mass is 19.4. The van der Waals surface area contributed by atoms with Crippen molar-refractivity contribution in [3.05, 3.63) is 196 Å². The van der Waals surface area contributed by atoms with Crippen molar-refractivity contribution >= 4 is 49.3 Å². The van der Waals surface area contributed by atoms with Crippen molar-refractivity contribution < 1.29 is 79.0 Å². The molecule has 0 bridgehead atoms. The lowest BCUT2D eigenvalue weighted by molar-refractivity contribution is -0.144. The molecule has 0 radical (unpaired) electrons. The highest BCUT2D eigenvalue weighted by molar-refractivity contribution is 6.13. The first-order chi connectivity index (χ1) is 35.4. The van der Waals surface area contributed by atoms with Crippen LogP contribution in [0.2, 0.25) is 0 Å². The number of nitrogens with zero attached hydrogens (tertiary/aromatic N) is 3. The van der Waals surface area contributed by atoms with Crippen molar-refractivity contribution in [3.8, 4) is 44.8 Å². The number of fused-ring (bicyclic) bond motifs is 6. The van der Waals surface area contributed by atoms with Crippen LogP contribution in [0, 0.1) is 6.57 Å². The first-order valence-corrected chi connectivity index (χ1v) is 21.9. The minimum Gasteiger partial charge on any atom is -0.308 e. The van der Waals surface area contributed by atoms with Crippen molar-refractivity contribution in [3.63, 3.8) is 0 Å². The topological polar surface area (TPSA) is 14.2 Å². The molecule has 10 aromatic rings. The Bertz CT molecular complexity index is 4040. The minimum atomic E-state index is -5.46. The van der Waals surface area contributed by atoms with Crippen LogP contribution in [0.15, 0.2) is 152 Å². The van der Waals surface area contributed by atoms with E-state index >= 15 is 0 Å². The average Bonchev–Trinajstić information content (AvgIpc) is 3.95. The molecule has 0 fully saturated rings. The fourth-order valence-electron chi connectivity index (χ4n) is 9.64. The van der Waals surface area contributed by atoms with Crippen LogP contribution in [0.4, 0.5) is 84.7 Å². The quantitative estimate of drug-likeness (QED) is 0.120. The molecule has 3 nitrogen and oxygen atoms in total. The van der Waals surface area contributed by atoms with E-state index in [1.165, 1.54) is 81.9 Å². The van der Waals surface area contributed by atoms with Crippen LogP contribution in [-0.4, -0.2) is 9.13 Å². The summed E-state index contributed by atoms with van der Waals surface area (Å²) in [5, 5.41) is 0.866. The number of hydrogen-bond acceptors (Lipinski definition) is 0. The third-order valence-corrected chi connectivity index (χ3v) is 12.9. The lowest BCUT2D eigenvalue weighted by Crippen LogP contribution is -2.12. The normalized spacial score (nSPS) is 13.1. The molecule has 2 heterocycles. The molecule has 0 unspecified atom stereocenters. The molecule has 0 aliphatic rings. The lowest BCUT2D eigenvalue weighted by atomic mass is 9.94. The second-order valence-corrected chi connectivity index (χ2v) is 17.4. The van der Waals surface area contributed by atoms with Gasteiger partial charge in [0.05, 0.1) is 73.4 Å². The first kappa shape index (κ1) is 51.1. The van der Waals surface area contributed by atoms with Gasteiger partial charge in [-0.2, -0.15) is 79.0 Å². The van der Waals surface area contributed by atoms with Gasteiger partial charge in [0.25, 0.3) is 0 Å². The van der Waals surface area contributed by atoms with Gasteiger partial charge in [-0.15, -0.1) is 0 Å². The molecule has 21 heteroatoms. The maximum atomic E-state index is 15.0. The number of alkyl halides is 18. The molecule has 0 N–H and O–H groups in total. The first-order valence-electron chi connectivity index (χ1n) is 21.9. The van der Waals surface area contributed by atoms with Crippen LogP contribution in [0.1, 0.15) is 33.4 Å². The Kier molecular flexibility index (Phi) is 11.6. The van der Waals surface area contributed by atoms with E-state index in [2.05, 4.69) is 4.85 Å². The molecule has 2 aromatic heterocycles. The molecule has 8 aromatic carbocycles. The Morgan fingerprint density at radius 1 is 0.303 bits per heavy atom. The number of aromatic nitrogens is 2. The summed E-state index contributed by atoms with van der Waals surface area (Å²) in [6, 6.07) is 24.8. The molecule has 10 rings (SSSR count). The molecular weight excluding hydrogens is 1040 g/mol. The predicted octanol–water partition coefficient (Wildman–Crippen LogP) is 19.5. The molecule has 386 valence electrons. The van der Waals surface area contributed by atoms with E-state index in [0.29, 0.717) is 41.8 Å². The zero-order chi connectivity index (χ0) is 54.8. The van der Waals surface area contributed by atoms with Crippen LogP contribution in [0.5, 0.6) is 0 Å². The maximum absolute atomic E-state index is 15.0. The zero-order valence-corrected chi connectivity index (χ0v) is 37.6. The van der Waals surface area contributed by atoms with Gasteiger partial charge in [0, 0.05) is 21.5 Å². The minimum absolute atomic E-state index is 0.0309. The van der Waals surface area contributed by atoms with Crippen LogP contribution < -0.4 is 0 Å². The van der Waals surface area contributed by atoms with E-state index in [0.717, 1.165) is 18.2 Å². The number of hydrogen-bond donors (Lipinski definition) is 0. The van der Waals surface area contributed by atoms with Crippen molar-refractivity contribution in [2.45, 2.75) is 37.1 Å². The van der Waals surface area contributed by atoms with E-state index in [1.807, 2.05) is 0 Å². The van der Waals surface area contributed by atoms with E-state index in [4.69, 9.17) is 6.57 Å². The van der Waals surface area contributed by atoms with E-state index < -0.39 is 98.4 Å².